The van der Waals surface area contributed by atoms with Crippen molar-refractivity contribution >= 4 is 10.8 Å². The van der Waals surface area contributed by atoms with Crippen molar-refractivity contribution in [1.82, 2.24) is 5.32 Å². The summed E-state index contributed by atoms with van der Waals surface area (Å²) in [6.07, 6.45) is 5.78. The molecule has 13 heavy (non-hydrogen) atoms. The van der Waals surface area contributed by atoms with Gasteiger partial charge in [0.2, 0.25) is 0 Å². The molecule has 1 rings (SSSR count). The predicted octanol–water partition coefficient (Wildman–Crippen LogP) is 0.524. The topological polar surface area (TPSA) is 38.3 Å². The van der Waals surface area contributed by atoms with Gasteiger partial charge in [0.15, 0.2) is 0 Å². The minimum absolute atomic E-state index is 0.388. The van der Waals surface area contributed by atoms with Crippen molar-refractivity contribution in [2.75, 3.05) is 31.7 Å². The number of nitrogens with one attached hydrogen (secondary N) is 1. The zero-order valence-electron chi connectivity index (χ0n) is 8.25. The van der Waals surface area contributed by atoms with Gasteiger partial charge in [0.25, 0.3) is 0 Å². The summed E-state index contributed by atoms with van der Waals surface area (Å²) in [5, 5.41) is 3.27. The Kier molecular flexibility index (Phi) is 5.58. The Morgan fingerprint density at radius 2 is 2.38 bits per heavy atom. The molecule has 3 nitrogen and oxygen atoms in total. The van der Waals surface area contributed by atoms with Crippen LogP contribution in [0.4, 0.5) is 0 Å². The van der Waals surface area contributed by atoms with Crippen LogP contribution in [0.1, 0.15) is 19.3 Å². The Labute approximate surface area is 82.7 Å². The second-order valence-corrected chi connectivity index (χ2v) is 5.02. The Bertz CT molecular complexity index is 158. The van der Waals surface area contributed by atoms with Crippen LogP contribution in [0.3, 0.4) is 0 Å². The van der Waals surface area contributed by atoms with Crippen LogP contribution in [-0.2, 0) is 15.5 Å². The lowest BCUT2D eigenvalue weighted by Gasteiger charge is -2.22. The summed E-state index contributed by atoms with van der Waals surface area (Å²) in [5.41, 5.74) is 0. The normalized spacial score (nSPS) is 25.8. The van der Waals surface area contributed by atoms with E-state index in [0.717, 1.165) is 25.4 Å². The van der Waals surface area contributed by atoms with Crippen LogP contribution in [0.15, 0.2) is 0 Å². The van der Waals surface area contributed by atoms with Crippen LogP contribution in [0, 0.1) is 0 Å². The highest BCUT2D eigenvalue weighted by atomic mass is 32.2. The monoisotopic (exact) mass is 205 g/mol. The zero-order chi connectivity index (χ0) is 9.52. The van der Waals surface area contributed by atoms with Crippen molar-refractivity contribution in [2.24, 2.45) is 0 Å². The molecule has 0 aromatic rings. The molecular formula is C9H19NO2S. The molecule has 2 atom stereocenters. The van der Waals surface area contributed by atoms with Crippen molar-refractivity contribution in [3.63, 3.8) is 0 Å². The van der Waals surface area contributed by atoms with E-state index in [-0.39, 0.29) is 0 Å². The molecule has 1 fully saturated rings. The lowest BCUT2D eigenvalue weighted by atomic mass is 10.1. The summed E-state index contributed by atoms with van der Waals surface area (Å²) in [6, 6.07) is 0. The van der Waals surface area contributed by atoms with Gasteiger partial charge in [-0.1, -0.05) is 0 Å². The molecule has 0 aromatic carbocycles. The molecule has 1 aliphatic heterocycles. The molecule has 0 aromatic heterocycles. The fraction of sp³-hybridized carbons (Fsp3) is 1.00. The van der Waals surface area contributed by atoms with E-state index in [1.54, 1.807) is 6.26 Å². The van der Waals surface area contributed by atoms with E-state index in [1.165, 1.54) is 19.3 Å². The molecule has 0 amide bonds. The molecule has 0 aliphatic carbocycles. The van der Waals surface area contributed by atoms with Gasteiger partial charge in [-0.3, -0.25) is 4.21 Å². The summed E-state index contributed by atoms with van der Waals surface area (Å²) in [4.78, 5) is 0. The third-order valence-electron chi connectivity index (χ3n) is 2.21. The third-order valence-corrected chi connectivity index (χ3v) is 2.99. The van der Waals surface area contributed by atoms with E-state index in [9.17, 15) is 4.21 Å². The second-order valence-electron chi connectivity index (χ2n) is 3.47. The highest BCUT2D eigenvalue weighted by Crippen LogP contribution is 2.11. The average molecular weight is 205 g/mol. The Balaban J connectivity index is 1.95. The minimum Gasteiger partial charge on any atom is -0.377 e. The van der Waals surface area contributed by atoms with Gasteiger partial charge in [0.05, 0.1) is 6.10 Å². The van der Waals surface area contributed by atoms with Gasteiger partial charge in [-0.15, -0.1) is 0 Å². The van der Waals surface area contributed by atoms with Gasteiger partial charge in [0.1, 0.15) is 0 Å². The summed E-state index contributed by atoms with van der Waals surface area (Å²) in [5.74, 6) is 0.743. The molecule has 78 valence electrons. The molecule has 0 saturated carbocycles. The first-order valence-corrected chi connectivity index (χ1v) is 6.64. The van der Waals surface area contributed by atoms with E-state index in [2.05, 4.69) is 5.32 Å². The molecule has 1 aliphatic rings. The summed E-state index contributed by atoms with van der Waals surface area (Å²) < 4.78 is 16.3. The van der Waals surface area contributed by atoms with E-state index >= 15 is 0 Å². The maximum absolute atomic E-state index is 10.7. The third kappa shape index (κ3) is 5.39. The molecule has 0 spiro atoms. The second kappa shape index (κ2) is 6.51. The summed E-state index contributed by atoms with van der Waals surface area (Å²) >= 11 is 0. The smallest absolute Gasteiger partial charge is 0.0699 e. The molecule has 0 bridgehead atoms. The number of hydrogen-bond acceptors (Lipinski definition) is 3. The average Bonchev–Trinajstić information content (AvgIpc) is 2.14. The molecule has 1 saturated heterocycles. The first-order chi connectivity index (χ1) is 6.29. The van der Waals surface area contributed by atoms with Crippen LogP contribution in [0.25, 0.3) is 0 Å². The maximum atomic E-state index is 10.7. The van der Waals surface area contributed by atoms with Crippen LogP contribution >= 0.6 is 0 Å². The fourth-order valence-electron chi connectivity index (χ4n) is 1.45. The number of rotatable bonds is 5. The lowest BCUT2D eigenvalue weighted by Crippen LogP contribution is -2.33. The lowest BCUT2D eigenvalue weighted by molar-refractivity contribution is 0.0173. The van der Waals surface area contributed by atoms with Crippen LogP contribution in [0.2, 0.25) is 0 Å². The van der Waals surface area contributed by atoms with Crippen molar-refractivity contribution < 1.29 is 8.95 Å². The number of hydrogen-bond donors (Lipinski definition) is 1. The van der Waals surface area contributed by atoms with Gasteiger partial charge >= 0.3 is 0 Å². The van der Waals surface area contributed by atoms with Gasteiger partial charge in [-0.25, -0.2) is 0 Å². The van der Waals surface area contributed by atoms with Gasteiger partial charge in [-0.05, 0) is 19.3 Å². The van der Waals surface area contributed by atoms with E-state index in [4.69, 9.17) is 4.74 Å². The molecule has 2 unspecified atom stereocenters. The molecule has 4 heteroatoms. The Morgan fingerprint density at radius 1 is 1.54 bits per heavy atom. The zero-order valence-corrected chi connectivity index (χ0v) is 9.07. The fourth-order valence-corrected chi connectivity index (χ4v) is 1.88. The Hall–Kier alpha value is 0.0700. The van der Waals surface area contributed by atoms with Crippen molar-refractivity contribution in [3.8, 4) is 0 Å². The van der Waals surface area contributed by atoms with E-state index in [1.807, 2.05) is 0 Å². The predicted molar refractivity (Wildman–Crippen MR) is 55.4 cm³/mol. The van der Waals surface area contributed by atoms with Gasteiger partial charge in [-0.2, -0.15) is 0 Å². The highest BCUT2D eigenvalue weighted by Gasteiger charge is 2.12. The first kappa shape index (κ1) is 11.1. The number of ether oxygens (including phenoxy) is 1. The van der Waals surface area contributed by atoms with E-state index in [0.29, 0.717) is 6.10 Å². The SMILES string of the molecule is CS(=O)CCNCC1CCCCO1. The molecule has 0 radical (unpaired) electrons. The van der Waals surface area contributed by atoms with E-state index < -0.39 is 10.8 Å². The standard InChI is InChI=1S/C9H19NO2S/c1-13(11)7-5-10-8-9-4-2-3-6-12-9/h9-10H,2-8H2,1H3. The Morgan fingerprint density at radius 3 is 3.00 bits per heavy atom. The van der Waals surface area contributed by atoms with Crippen LogP contribution < -0.4 is 5.32 Å². The van der Waals surface area contributed by atoms with Crippen LogP contribution in [-0.4, -0.2) is 42.0 Å². The first-order valence-electron chi connectivity index (χ1n) is 4.91. The minimum atomic E-state index is -0.675. The summed E-state index contributed by atoms with van der Waals surface area (Å²) in [7, 11) is -0.675. The van der Waals surface area contributed by atoms with Crippen molar-refractivity contribution in [3.05, 3.63) is 0 Å². The largest absolute Gasteiger partial charge is 0.377 e. The van der Waals surface area contributed by atoms with Crippen molar-refractivity contribution in [1.29, 1.82) is 0 Å². The van der Waals surface area contributed by atoms with Crippen LogP contribution in [0.5, 0.6) is 0 Å². The van der Waals surface area contributed by atoms with Gasteiger partial charge in [0, 0.05) is 42.5 Å². The quantitative estimate of drug-likeness (QED) is 0.665. The van der Waals surface area contributed by atoms with Gasteiger partial charge < -0.3 is 10.1 Å². The molecular weight excluding hydrogens is 186 g/mol. The van der Waals surface area contributed by atoms with Crippen molar-refractivity contribution in [2.45, 2.75) is 25.4 Å². The maximum Gasteiger partial charge on any atom is 0.0699 e. The summed E-state index contributed by atoms with van der Waals surface area (Å²) in [6.45, 7) is 2.66. The highest BCUT2D eigenvalue weighted by molar-refractivity contribution is 7.84. The molecule has 1 N–H and O–H groups in total. The molecule has 1 heterocycles.